The molecule has 3 rings (SSSR count). The first-order valence-corrected chi connectivity index (χ1v) is 9.51. The van der Waals surface area contributed by atoms with Gasteiger partial charge in [0.1, 0.15) is 0 Å². The maximum Gasteiger partial charge on any atom is 0.317 e. The van der Waals surface area contributed by atoms with Crippen molar-refractivity contribution in [3.05, 3.63) is 0 Å². The highest BCUT2D eigenvalue weighted by atomic mass is 16.5. The molecule has 2 amide bonds. The van der Waals surface area contributed by atoms with Gasteiger partial charge in [-0.1, -0.05) is 26.2 Å². The predicted molar refractivity (Wildman–Crippen MR) is 89.3 cm³/mol. The molecule has 3 atom stereocenters. The number of hydrogen-bond donors (Lipinski definition) is 2. The summed E-state index contributed by atoms with van der Waals surface area (Å²) in [6.07, 6.45) is 9.15. The minimum absolute atomic E-state index is 0.0634. The van der Waals surface area contributed by atoms with Gasteiger partial charge < -0.3 is 20.1 Å². The molecule has 0 aromatic carbocycles. The number of aliphatic hydroxyl groups is 1. The van der Waals surface area contributed by atoms with Crippen LogP contribution in [-0.2, 0) is 4.74 Å². The van der Waals surface area contributed by atoms with Crippen molar-refractivity contribution < 1.29 is 14.6 Å². The Morgan fingerprint density at radius 1 is 1.30 bits per heavy atom. The van der Waals surface area contributed by atoms with Crippen LogP contribution < -0.4 is 5.32 Å². The van der Waals surface area contributed by atoms with E-state index in [-0.39, 0.29) is 18.1 Å². The van der Waals surface area contributed by atoms with Crippen LogP contribution >= 0.6 is 0 Å². The summed E-state index contributed by atoms with van der Waals surface area (Å²) in [5, 5.41) is 12.4. The Hall–Kier alpha value is -0.810. The van der Waals surface area contributed by atoms with Crippen LogP contribution in [0.4, 0.5) is 4.79 Å². The van der Waals surface area contributed by atoms with Gasteiger partial charge in [0, 0.05) is 43.7 Å². The van der Waals surface area contributed by atoms with E-state index >= 15 is 0 Å². The number of aliphatic hydroxyl groups excluding tert-OH is 1. The molecule has 0 bridgehead atoms. The summed E-state index contributed by atoms with van der Waals surface area (Å²) >= 11 is 0. The van der Waals surface area contributed by atoms with E-state index in [0.29, 0.717) is 31.0 Å². The second-order valence-electron chi connectivity index (χ2n) is 7.53. The summed E-state index contributed by atoms with van der Waals surface area (Å²) < 4.78 is 5.99. The number of ether oxygens (including phenoxy) is 1. The Morgan fingerprint density at radius 3 is 2.74 bits per heavy atom. The van der Waals surface area contributed by atoms with E-state index < -0.39 is 0 Å². The van der Waals surface area contributed by atoms with Gasteiger partial charge in [0.05, 0.1) is 6.10 Å². The van der Waals surface area contributed by atoms with Crippen LogP contribution in [0.25, 0.3) is 0 Å². The van der Waals surface area contributed by atoms with E-state index in [1.807, 2.05) is 4.90 Å². The fraction of sp³-hybridized carbons (Fsp3) is 0.944. The molecule has 1 heterocycles. The zero-order valence-corrected chi connectivity index (χ0v) is 14.4. The smallest absolute Gasteiger partial charge is 0.317 e. The Kier molecular flexibility index (Phi) is 5.47. The molecule has 0 aromatic heterocycles. The molecule has 5 heteroatoms. The standard InChI is InChI=1S/C18H32N2O3/c1-2-3-10-20(11-6-12-21)17(22)19-15-14-7-13-23-16(14)18(15)8-4-5-9-18/h14-16,21H,2-13H2,1H3,(H,19,22). The normalized spacial score (nSPS) is 31.0. The third-order valence-corrected chi connectivity index (χ3v) is 6.22. The molecule has 2 N–H and O–H groups in total. The van der Waals surface area contributed by atoms with Crippen molar-refractivity contribution in [1.29, 1.82) is 0 Å². The second kappa shape index (κ2) is 7.39. The molecule has 1 aliphatic heterocycles. The first kappa shape index (κ1) is 17.0. The van der Waals surface area contributed by atoms with E-state index in [1.165, 1.54) is 25.7 Å². The molecule has 1 spiro atoms. The van der Waals surface area contributed by atoms with Crippen LogP contribution in [0.3, 0.4) is 0 Å². The monoisotopic (exact) mass is 324 g/mol. The molecule has 1 saturated heterocycles. The van der Waals surface area contributed by atoms with Crippen molar-refractivity contribution in [2.75, 3.05) is 26.3 Å². The molecule has 0 aromatic rings. The van der Waals surface area contributed by atoms with Gasteiger partial charge >= 0.3 is 6.03 Å². The van der Waals surface area contributed by atoms with Gasteiger partial charge in [-0.25, -0.2) is 4.79 Å². The number of rotatable bonds is 7. The Balaban J connectivity index is 1.62. The quantitative estimate of drug-likeness (QED) is 0.756. The summed E-state index contributed by atoms with van der Waals surface area (Å²) in [5.74, 6) is 0.517. The largest absolute Gasteiger partial charge is 0.396 e. The van der Waals surface area contributed by atoms with Crippen molar-refractivity contribution in [2.24, 2.45) is 11.3 Å². The van der Waals surface area contributed by atoms with Crippen LogP contribution in [0.1, 0.15) is 58.3 Å². The number of carbonyl (C=O) groups excluding carboxylic acids is 1. The van der Waals surface area contributed by atoms with Crippen LogP contribution in [0, 0.1) is 11.3 Å². The van der Waals surface area contributed by atoms with Crippen LogP contribution in [-0.4, -0.2) is 54.5 Å². The van der Waals surface area contributed by atoms with Crippen molar-refractivity contribution in [3.8, 4) is 0 Å². The number of hydrogen-bond acceptors (Lipinski definition) is 3. The molecule has 2 saturated carbocycles. The van der Waals surface area contributed by atoms with Crippen LogP contribution in [0.5, 0.6) is 0 Å². The van der Waals surface area contributed by atoms with Gasteiger partial charge in [0.15, 0.2) is 0 Å². The molecule has 2 aliphatic carbocycles. The first-order chi connectivity index (χ1) is 11.2. The summed E-state index contributed by atoms with van der Waals surface area (Å²) in [5.41, 5.74) is 0.213. The van der Waals surface area contributed by atoms with Gasteiger partial charge in [-0.3, -0.25) is 0 Å². The number of urea groups is 1. The lowest BCUT2D eigenvalue weighted by Gasteiger charge is -2.57. The second-order valence-corrected chi connectivity index (χ2v) is 7.53. The van der Waals surface area contributed by atoms with Gasteiger partial charge in [-0.15, -0.1) is 0 Å². The molecule has 3 unspecified atom stereocenters. The third-order valence-electron chi connectivity index (χ3n) is 6.22. The van der Waals surface area contributed by atoms with E-state index in [1.54, 1.807) is 0 Å². The Labute approximate surface area is 139 Å². The SMILES string of the molecule is CCCCN(CCCO)C(=O)NC1C2CCOC2C12CCCC2. The molecule has 132 valence electrons. The number of unbranched alkanes of at least 4 members (excludes halogenated alkanes) is 1. The van der Waals surface area contributed by atoms with Crippen LogP contribution in [0.2, 0.25) is 0 Å². The Bertz CT molecular complexity index is 401. The highest BCUT2D eigenvalue weighted by molar-refractivity contribution is 5.75. The van der Waals surface area contributed by atoms with E-state index in [2.05, 4.69) is 12.2 Å². The van der Waals surface area contributed by atoms with E-state index in [4.69, 9.17) is 9.84 Å². The average Bonchev–Trinajstić information content (AvgIpc) is 3.21. The summed E-state index contributed by atoms with van der Waals surface area (Å²) in [6.45, 7) is 4.57. The van der Waals surface area contributed by atoms with E-state index in [0.717, 1.165) is 32.4 Å². The minimum atomic E-state index is 0.0634. The van der Waals surface area contributed by atoms with Crippen LogP contribution in [0.15, 0.2) is 0 Å². The molecule has 3 fully saturated rings. The minimum Gasteiger partial charge on any atom is -0.396 e. The van der Waals surface area contributed by atoms with Crippen molar-refractivity contribution in [1.82, 2.24) is 10.2 Å². The number of amides is 2. The molecule has 5 nitrogen and oxygen atoms in total. The third kappa shape index (κ3) is 3.10. The summed E-state index contributed by atoms with van der Waals surface area (Å²) in [6, 6.07) is 0.358. The lowest BCUT2D eigenvalue weighted by Crippen LogP contribution is -2.69. The van der Waals surface area contributed by atoms with Gasteiger partial charge in [-0.05, 0) is 32.1 Å². The van der Waals surface area contributed by atoms with Gasteiger partial charge in [-0.2, -0.15) is 0 Å². The van der Waals surface area contributed by atoms with Gasteiger partial charge in [0.2, 0.25) is 0 Å². The Morgan fingerprint density at radius 2 is 2.04 bits per heavy atom. The predicted octanol–water partition coefficient (Wildman–Crippen LogP) is 2.53. The fourth-order valence-electron chi connectivity index (χ4n) is 5.05. The molecular formula is C18H32N2O3. The molecular weight excluding hydrogens is 292 g/mol. The number of nitrogens with zero attached hydrogens (tertiary/aromatic N) is 1. The lowest BCUT2D eigenvalue weighted by molar-refractivity contribution is -0.127. The molecule has 0 radical (unpaired) electrons. The number of nitrogens with one attached hydrogen (secondary N) is 1. The maximum atomic E-state index is 12.8. The van der Waals surface area contributed by atoms with Crippen molar-refractivity contribution in [3.63, 3.8) is 0 Å². The topological polar surface area (TPSA) is 61.8 Å². The summed E-state index contributed by atoms with van der Waals surface area (Å²) in [4.78, 5) is 14.7. The number of carbonyl (C=O) groups is 1. The summed E-state index contributed by atoms with van der Waals surface area (Å²) in [7, 11) is 0. The van der Waals surface area contributed by atoms with Crippen molar-refractivity contribution in [2.45, 2.75) is 70.4 Å². The molecule has 23 heavy (non-hydrogen) atoms. The zero-order chi connectivity index (χ0) is 16.3. The fourth-order valence-corrected chi connectivity index (χ4v) is 5.05. The molecule has 3 aliphatic rings. The number of fused-ring (bicyclic) bond motifs is 2. The van der Waals surface area contributed by atoms with Crippen molar-refractivity contribution >= 4 is 6.03 Å². The highest BCUT2D eigenvalue weighted by Gasteiger charge is 2.65. The highest BCUT2D eigenvalue weighted by Crippen LogP contribution is 2.60. The van der Waals surface area contributed by atoms with Gasteiger partial charge in [0.25, 0.3) is 0 Å². The lowest BCUT2D eigenvalue weighted by atomic mass is 9.54. The average molecular weight is 324 g/mol. The van der Waals surface area contributed by atoms with E-state index in [9.17, 15) is 4.79 Å². The first-order valence-electron chi connectivity index (χ1n) is 9.51. The zero-order valence-electron chi connectivity index (χ0n) is 14.4. The maximum absolute atomic E-state index is 12.8.